The number of fused-ring (bicyclic) bond motifs is 1. The lowest BCUT2D eigenvalue weighted by atomic mass is 10.2. The number of nitrogens with one attached hydrogen (secondary N) is 2. The smallest absolute Gasteiger partial charge is 0.337 e. The molecule has 0 radical (unpaired) electrons. The topological polar surface area (TPSA) is 119 Å². The number of ether oxygens (including phenoxy) is 1. The zero-order valence-corrected chi connectivity index (χ0v) is 22.0. The van der Waals surface area contributed by atoms with E-state index in [0.29, 0.717) is 27.8 Å². The molecule has 190 valence electrons. The van der Waals surface area contributed by atoms with E-state index in [1.54, 1.807) is 12.1 Å². The predicted octanol–water partition coefficient (Wildman–Crippen LogP) is 5.31. The van der Waals surface area contributed by atoms with Crippen molar-refractivity contribution in [3.8, 4) is 0 Å². The van der Waals surface area contributed by atoms with Gasteiger partial charge in [-0.15, -0.1) is 0 Å². The van der Waals surface area contributed by atoms with Gasteiger partial charge in [-0.2, -0.15) is 0 Å². The minimum atomic E-state index is -0.741. The number of anilines is 2. The van der Waals surface area contributed by atoms with Gasteiger partial charge < -0.3 is 15.4 Å². The Labute approximate surface area is 225 Å². The van der Waals surface area contributed by atoms with Crippen LogP contribution in [0.15, 0.2) is 53.3 Å². The third kappa shape index (κ3) is 5.82. The number of halogens is 2. The standard InChI is InChI=1S/C25H20Cl2N4O5S/c1-3-5-16-12-19(32)31-20(22(33)28-17-7-4-6-13(8-17)24(35)36-2)21(37-25(31)30-16)23(34)29-18-10-14(26)9-15(27)11-18/h4,6-12H,3,5H2,1-2H3,(H,28,33)(H,29,34). The van der Waals surface area contributed by atoms with Crippen LogP contribution in [0, 0.1) is 0 Å². The Bertz CT molecular complexity index is 1580. The first kappa shape index (κ1) is 26.3. The second-order valence-electron chi connectivity index (χ2n) is 7.87. The fourth-order valence-electron chi connectivity index (χ4n) is 3.61. The lowest BCUT2D eigenvalue weighted by molar-refractivity contribution is 0.0600. The number of thiazole rings is 1. The predicted molar refractivity (Wildman–Crippen MR) is 143 cm³/mol. The minimum Gasteiger partial charge on any atom is -0.465 e. The molecule has 4 rings (SSSR count). The molecular formula is C25H20Cl2N4O5S. The van der Waals surface area contributed by atoms with Crippen molar-refractivity contribution in [1.82, 2.24) is 9.38 Å². The third-order valence-corrected chi connectivity index (χ3v) is 6.64. The Kier molecular flexibility index (Phi) is 7.91. The second kappa shape index (κ2) is 11.1. The molecule has 0 aliphatic carbocycles. The summed E-state index contributed by atoms with van der Waals surface area (Å²) in [6.45, 7) is 1.95. The number of aromatic nitrogens is 2. The molecule has 2 aromatic heterocycles. The number of esters is 1. The minimum absolute atomic E-state index is 0.0454. The normalized spacial score (nSPS) is 10.8. The molecule has 0 aliphatic heterocycles. The van der Waals surface area contributed by atoms with Crippen molar-refractivity contribution in [2.75, 3.05) is 17.7 Å². The SMILES string of the molecule is CCCc1cc(=O)n2c(C(=O)Nc3cccc(C(=O)OC)c3)c(C(=O)Nc3cc(Cl)cc(Cl)c3)sc2n1. The molecule has 0 unspecified atom stereocenters. The van der Waals surface area contributed by atoms with Gasteiger partial charge >= 0.3 is 5.97 Å². The van der Waals surface area contributed by atoms with Crippen LogP contribution in [0.25, 0.3) is 4.96 Å². The molecular weight excluding hydrogens is 539 g/mol. The molecule has 0 aliphatic rings. The highest BCUT2D eigenvalue weighted by atomic mass is 35.5. The average molecular weight is 559 g/mol. The zero-order valence-electron chi connectivity index (χ0n) is 19.6. The maximum atomic E-state index is 13.5. The number of methoxy groups -OCH3 is 1. The number of aryl methyl sites for hydroxylation is 1. The fraction of sp³-hybridized carbons (Fsp3) is 0.160. The number of benzene rings is 2. The Morgan fingerprint density at radius 1 is 1.00 bits per heavy atom. The lowest BCUT2D eigenvalue weighted by Crippen LogP contribution is -2.25. The van der Waals surface area contributed by atoms with Gasteiger partial charge in [0, 0.05) is 33.2 Å². The van der Waals surface area contributed by atoms with Crippen molar-refractivity contribution < 1.29 is 19.1 Å². The number of rotatable bonds is 7. The van der Waals surface area contributed by atoms with Crippen molar-refractivity contribution in [2.24, 2.45) is 0 Å². The maximum absolute atomic E-state index is 13.5. The van der Waals surface area contributed by atoms with Crippen molar-refractivity contribution >= 4 is 68.7 Å². The molecule has 0 bridgehead atoms. The summed E-state index contributed by atoms with van der Waals surface area (Å²) in [5.74, 6) is -1.98. The van der Waals surface area contributed by atoms with Crippen molar-refractivity contribution in [3.63, 3.8) is 0 Å². The van der Waals surface area contributed by atoms with Gasteiger partial charge in [-0.3, -0.25) is 14.4 Å². The number of hydrogen-bond acceptors (Lipinski definition) is 7. The molecule has 0 spiro atoms. The molecule has 4 aromatic rings. The monoisotopic (exact) mass is 558 g/mol. The van der Waals surface area contributed by atoms with E-state index in [9.17, 15) is 19.2 Å². The zero-order chi connectivity index (χ0) is 26.7. The molecule has 12 heteroatoms. The van der Waals surface area contributed by atoms with Gasteiger partial charge in [0.2, 0.25) is 0 Å². The quantitative estimate of drug-likeness (QED) is 0.297. The van der Waals surface area contributed by atoms with Gasteiger partial charge in [0.25, 0.3) is 17.4 Å². The van der Waals surface area contributed by atoms with Crippen LogP contribution in [-0.2, 0) is 11.2 Å². The van der Waals surface area contributed by atoms with E-state index >= 15 is 0 Å². The highest BCUT2D eigenvalue weighted by Crippen LogP contribution is 2.27. The molecule has 0 saturated heterocycles. The summed E-state index contributed by atoms with van der Waals surface area (Å²) in [6.07, 6.45) is 1.33. The molecule has 9 nitrogen and oxygen atoms in total. The van der Waals surface area contributed by atoms with Crippen molar-refractivity contribution in [2.45, 2.75) is 19.8 Å². The summed E-state index contributed by atoms with van der Waals surface area (Å²) in [4.78, 5) is 56.3. The summed E-state index contributed by atoms with van der Waals surface area (Å²) in [6, 6.07) is 11.9. The van der Waals surface area contributed by atoms with Crippen LogP contribution in [0.2, 0.25) is 10.0 Å². The van der Waals surface area contributed by atoms with Crippen LogP contribution in [0.4, 0.5) is 11.4 Å². The third-order valence-electron chi connectivity index (χ3n) is 5.16. The molecule has 0 saturated carbocycles. The van der Waals surface area contributed by atoms with Gasteiger partial charge in [0.15, 0.2) is 4.96 Å². The summed E-state index contributed by atoms with van der Waals surface area (Å²) < 4.78 is 5.82. The van der Waals surface area contributed by atoms with E-state index in [-0.39, 0.29) is 26.8 Å². The highest BCUT2D eigenvalue weighted by Gasteiger charge is 2.27. The summed E-state index contributed by atoms with van der Waals surface area (Å²) >= 11 is 13.0. The lowest BCUT2D eigenvalue weighted by Gasteiger charge is -2.09. The number of hydrogen-bond donors (Lipinski definition) is 2. The largest absolute Gasteiger partial charge is 0.465 e. The first-order chi connectivity index (χ1) is 17.7. The van der Waals surface area contributed by atoms with Gasteiger partial charge in [0.05, 0.1) is 12.7 Å². The van der Waals surface area contributed by atoms with Crippen molar-refractivity contribution in [3.05, 3.63) is 90.8 Å². The van der Waals surface area contributed by atoms with Crippen LogP contribution in [0.3, 0.4) is 0 Å². The van der Waals surface area contributed by atoms with Crippen LogP contribution < -0.4 is 16.2 Å². The summed E-state index contributed by atoms with van der Waals surface area (Å²) in [7, 11) is 1.25. The van der Waals surface area contributed by atoms with Crippen LogP contribution in [0.5, 0.6) is 0 Å². The maximum Gasteiger partial charge on any atom is 0.337 e. The Balaban J connectivity index is 1.79. The van der Waals surface area contributed by atoms with Gasteiger partial charge in [-0.05, 0) is 42.8 Å². The molecule has 2 amide bonds. The van der Waals surface area contributed by atoms with Gasteiger partial charge in [-0.25, -0.2) is 14.2 Å². The number of carbonyl (C=O) groups is 3. The van der Waals surface area contributed by atoms with E-state index < -0.39 is 23.3 Å². The van der Waals surface area contributed by atoms with Crippen LogP contribution >= 0.6 is 34.5 Å². The second-order valence-corrected chi connectivity index (χ2v) is 9.72. The molecule has 2 N–H and O–H groups in total. The Morgan fingerprint density at radius 3 is 2.38 bits per heavy atom. The molecule has 37 heavy (non-hydrogen) atoms. The number of nitrogens with zero attached hydrogens (tertiary/aromatic N) is 2. The Morgan fingerprint density at radius 2 is 1.70 bits per heavy atom. The molecule has 0 fully saturated rings. The van der Waals surface area contributed by atoms with Crippen LogP contribution in [-0.4, -0.2) is 34.3 Å². The van der Waals surface area contributed by atoms with Crippen LogP contribution in [0.1, 0.15) is 49.6 Å². The Hall–Kier alpha value is -3.73. The number of carbonyl (C=O) groups excluding carboxylic acids is 3. The van der Waals surface area contributed by atoms with E-state index in [0.717, 1.165) is 22.2 Å². The first-order valence-corrected chi connectivity index (χ1v) is 12.6. The molecule has 0 atom stereocenters. The summed E-state index contributed by atoms with van der Waals surface area (Å²) in [5.41, 5.74) is 0.653. The summed E-state index contributed by atoms with van der Waals surface area (Å²) in [5, 5.41) is 5.94. The molecule has 2 heterocycles. The van der Waals surface area contributed by atoms with Gasteiger partial charge in [0.1, 0.15) is 10.6 Å². The van der Waals surface area contributed by atoms with Crippen molar-refractivity contribution in [1.29, 1.82) is 0 Å². The molecule has 2 aromatic carbocycles. The average Bonchev–Trinajstić information content (AvgIpc) is 3.24. The highest BCUT2D eigenvalue weighted by molar-refractivity contribution is 7.19. The fourth-order valence-corrected chi connectivity index (χ4v) is 5.18. The first-order valence-electron chi connectivity index (χ1n) is 11.0. The van der Waals surface area contributed by atoms with E-state index in [1.807, 2.05) is 6.92 Å². The number of amides is 2. The van der Waals surface area contributed by atoms with E-state index in [1.165, 1.54) is 43.5 Å². The van der Waals surface area contributed by atoms with E-state index in [4.69, 9.17) is 27.9 Å². The van der Waals surface area contributed by atoms with Gasteiger partial charge in [-0.1, -0.05) is 53.9 Å². The van der Waals surface area contributed by atoms with E-state index in [2.05, 4.69) is 15.6 Å².